The van der Waals surface area contributed by atoms with Crippen LogP contribution in [0.25, 0.3) is 11.8 Å². The van der Waals surface area contributed by atoms with Crippen molar-refractivity contribution in [3.8, 4) is 5.69 Å². The second-order valence-electron chi connectivity index (χ2n) is 5.44. The van der Waals surface area contributed by atoms with Crippen molar-refractivity contribution in [1.29, 1.82) is 0 Å². The molecule has 0 aliphatic carbocycles. The highest BCUT2D eigenvalue weighted by atomic mass is 35.5. The van der Waals surface area contributed by atoms with Crippen LogP contribution in [-0.2, 0) is 4.79 Å². The molecule has 1 heterocycles. The number of carbonyl (C=O) groups excluding carboxylic acids is 2. The van der Waals surface area contributed by atoms with Crippen LogP contribution in [0.5, 0.6) is 0 Å². The average Bonchev–Trinajstić information content (AvgIpc) is 3.19. The highest BCUT2D eigenvalue weighted by molar-refractivity contribution is 6.30. The predicted molar refractivity (Wildman–Crippen MR) is 102 cm³/mol. The fraction of sp³-hybridized carbons (Fsp3) is 0. The molecule has 0 unspecified atom stereocenters. The Morgan fingerprint density at radius 2 is 1.69 bits per heavy atom. The summed E-state index contributed by atoms with van der Waals surface area (Å²) in [5, 5.41) is 0.586. The summed E-state index contributed by atoms with van der Waals surface area (Å²) in [6, 6.07) is 18.0. The smallest absolute Gasteiger partial charge is 0.271 e. The first kappa shape index (κ1) is 17.5. The lowest BCUT2D eigenvalue weighted by molar-refractivity contribution is -0.117. The molecule has 0 saturated carbocycles. The highest BCUT2D eigenvalue weighted by Gasteiger charge is 2.12. The Labute approximate surface area is 155 Å². The standard InChI is InChI=1S/C20H16ClN3O2/c21-16-7-5-6-15(14-16)10-11-19(25)22-23-20(26)17-8-1-2-9-18(17)24-12-3-4-13-24/h1-14H,(H,22,25)(H,23,26)/b11-10+. The molecule has 3 aromatic rings. The van der Waals surface area contributed by atoms with Gasteiger partial charge in [-0.1, -0.05) is 35.9 Å². The first-order chi connectivity index (χ1) is 12.6. The van der Waals surface area contributed by atoms with E-state index < -0.39 is 11.8 Å². The summed E-state index contributed by atoms with van der Waals surface area (Å²) in [6.07, 6.45) is 6.63. The van der Waals surface area contributed by atoms with Crippen LogP contribution in [0.2, 0.25) is 5.02 Å². The Balaban J connectivity index is 1.63. The van der Waals surface area contributed by atoms with Crippen molar-refractivity contribution < 1.29 is 9.59 Å². The minimum absolute atomic E-state index is 0.404. The summed E-state index contributed by atoms with van der Waals surface area (Å²) in [5.41, 5.74) is 6.75. The number of hydrogen-bond acceptors (Lipinski definition) is 2. The Morgan fingerprint density at radius 3 is 2.46 bits per heavy atom. The summed E-state index contributed by atoms with van der Waals surface area (Å²) < 4.78 is 1.83. The van der Waals surface area contributed by atoms with Gasteiger partial charge in [0.1, 0.15) is 0 Å². The maximum atomic E-state index is 12.4. The fourth-order valence-corrected chi connectivity index (χ4v) is 2.59. The summed E-state index contributed by atoms with van der Waals surface area (Å²) >= 11 is 5.89. The van der Waals surface area contributed by atoms with Crippen LogP contribution in [0.15, 0.2) is 79.1 Å². The Morgan fingerprint density at radius 1 is 0.923 bits per heavy atom. The van der Waals surface area contributed by atoms with Crippen LogP contribution < -0.4 is 10.9 Å². The first-order valence-electron chi connectivity index (χ1n) is 7.90. The molecule has 2 N–H and O–H groups in total. The van der Waals surface area contributed by atoms with Crippen molar-refractivity contribution in [3.05, 3.63) is 95.3 Å². The number of benzene rings is 2. The fourth-order valence-electron chi connectivity index (χ4n) is 2.40. The van der Waals surface area contributed by atoms with Crippen LogP contribution >= 0.6 is 11.6 Å². The third kappa shape index (κ3) is 4.40. The lowest BCUT2D eigenvalue weighted by Gasteiger charge is -2.11. The molecule has 1 aromatic heterocycles. The molecule has 0 radical (unpaired) electrons. The molecule has 26 heavy (non-hydrogen) atoms. The number of nitrogens with one attached hydrogen (secondary N) is 2. The van der Waals surface area contributed by atoms with Crippen LogP contribution in [0.1, 0.15) is 15.9 Å². The van der Waals surface area contributed by atoms with E-state index in [0.29, 0.717) is 10.6 Å². The number of carbonyl (C=O) groups is 2. The number of halogens is 1. The van der Waals surface area contributed by atoms with E-state index in [2.05, 4.69) is 10.9 Å². The minimum atomic E-state index is -0.447. The molecule has 0 aliphatic rings. The van der Waals surface area contributed by atoms with Crippen molar-refractivity contribution in [3.63, 3.8) is 0 Å². The lowest BCUT2D eigenvalue weighted by Crippen LogP contribution is -2.41. The second-order valence-corrected chi connectivity index (χ2v) is 5.88. The molecule has 5 nitrogen and oxygen atoms in total. The zero-order chi connectivity index (χ0) is 18.4. The van der Waals surface area contributed by atoms with E-state index in [4.69, 9.17) is 11.6 Å². The molecule has 0 fully saturated rings. The van der Waals surface area contributed by atoms with Crippen molar-refractivity contribution in [1.82, 2.24) is 15.4 Å². The van der Waals surface area contributed by atoms with E-state index in [9.17, 15) is 9.59 Å². The molecule has 130 valence electrons. The summed E-state index contributed by atoms with van der Waals surface area (Å²) in [5.74, 6) is -0.851. The zero-order valence-corrected chi connectivity index (χ0v) is 14.5. The topological polar surface area (TPSA) is 63.1 Å². The van der Waals surface area contributed by atoms with E-state index in [1.807, 2.05) is 47.3 Å². The van der Waals surface area contributed by atoms with Crippen LogP contribution in [0.3, 0.4) is 0 Å². The predicted octanol–water partition coefficient (Wildman–Crippen LogP) is 3.61. The van der Waals surface area contributed by atoms with Crippen molar-refractivity contribution in [2.75, 3.05) is 0 Å². The normalized spacial score (nSPS) is 10.7. The van der Waals surface area contributed by atoms with Gasteiger partial charge in [0.15, 0.2) is 0 Å². The molecule has 3 rings (SSSR count). The number of para-hydroxylation sites is 1. The minimum Gasteiger partial charge on any atom is -0.323 e. The number of hydrogen-bond donors (Lipinski definition) is 2. The molecule has 0 spiro atoms. The quantitative estimate of drug-likeness (QED) is 0.548. The molecular formula is C20H16ClN3O2. The van der Waals surface area contributed by atoms with E-state index in [1.54, 1.807) is 36.4 Å². The molecule has 0 bridgehead atoms. The average molecular weight is 366 g/mol. The molecule has 2 aromatic carbocycles. The van der Waals surface area contributed by atoms with Gasteiger partial charge in [0, 0.05) is 23.5 Å². The maximum absolute atomic E-state index is 12.4. The number of aromatic nitrogens is 1. The van der Waals surface area contributed by atoms with Gasteiger partial charge >= 0.3 is 0 Å². The van der Waals surface area contributed by atoms with Gasteiger partial charge in [0.05, 0.1) is 11.3 Å². The second kappa shape index (κ2) is 8.18. The van der Waals surface area contributed by atoms with Gasteiger partial charge in [-0.15, -0.1) is 0 Å². The van der Waals surface area contributed by atoms with Gasteiger partial charge < -0.3 is 4.57 Å². The molecule has 0 atom stereocenters. The zero-order valence-electron chi connectivity index (χ0n) is 13.7. The van der Waals surface area contributed by atoms with E-state index in [1.165, 1.54) is 6.08 Å². The number of amides is 2. The van der Waals surface area contributed by atoms with Crippen molar-refractivity contribution in [2.24, 2.45) is 0 Å². The molecule has 0 saturated heterocycles. The third-order valence-corrected chi connectivity index (χ3v) is 3.84. The third-order valence-electron chi connectivity index (χ3n) is 3.61. The van der Waals surface area contributed by atoms with Gasteiger partial charge in [-0.25, -0.2) is 0 Å². The van der Waals surface area contributed by atoms with Crippen molar-refractivity contribution in [2.45, 2.75) is 0 Å². The van der Waals surface area contributed by atoms with Gasteiger partial charge in [-0.05, 0) is 48.0 Å². The Kier molecular flexibility index (Phi) is 5.51. The summed E-state index contributed by atoms with van der Waals surface area (Å²) in [6.45, 7) is 0. The maximum Gasteiger partial charge on any atom is 0.271 e. The highest BCUT2D eigenvalue weighted by Crippen LogP contribution is 2.14. The Bertz CT molecular complexity index is 949. The van der Waals surface area contributed by atoms with Gasteiger partial charge in [-0.2, -0.15) is 0 Å². The van der Waals surface area contributed by atoms with Crippen LogP contribution in [0.4, 0.5) is 0 Å². The largest absolute Gasteiger partial charge is 0.323 e. The van der Waals surface area contributed by atoms with E-state index in [0.717, 1.165) is 11.3 Å². The van der Waals surface area contributed by atoms with E-state index >= 15 is 0 Å². The van der Waals surface area contributed by atoms with Crippen molar-refractivity contribution >= 4 is 29.5 Å². The SMILES string of the molecule is O=C(/C=C/c1cccc(Cl)c1)NNC(=O)c1ccccc1-n1cccc1. The van der Waals surface area contributed by atoms with E-state index in [-0.39, 0.29) is 0 Å². The summed E-state index contributed by atoms with van der Waals surface area (Å²) in [7, 11) is 0. The number of hydrazine groups is 1. The monoisotopic (exact) mass is 365 g/mol. The molecular weight excluding hydrogens is 350 g/mol. The van der Waals surface area contributed by atoms with Gasteiger partial charge in [0.2, 0.25) is 0 Å². The van der Waals surface area contributed by atoms with Crippen LogP contribution in [-0.4, -0.2) is 16.4 Å². The summed E-state index contributed by atoms with van der Waals surface area (Å²) in [4.78, 5) is 24.3. The molecule has 0 aliphatic heterocycles. The molecule has 2 amide bonds. The first-order valence-corrected chi connectivity index (χ1v) is 8.27. The number of nitrogens with zero attached hydrogens (tertiary/aromatic N) is 1. The van der Waals surface area contributed by atoms with Crippen LogP contribution in [0, 0.1) is 0 Å². The van der Waals surface area contributed by atoms with Gasteiger partial charge in [0.25, 0.3) is 11.8 Å². The van der Waals surface area contributed by atoms with Gasteiger partial charge in [-0.3, -0.25) is 20.4 Å². The molecule has 6 heteroatoms. The number of rotatable bonds is 4. The Hall–Kier alpha value is -3.31. The lowest BCUT2D eigenvalue weighted by atomic mass is 10.1.